The fourth-order valence-electron chi connectivity index (χ4n) is 2.08. The van der Waals surface area contributed by atoms with Crippen LogP contribution in [0.3, 0.4) is 0 Å². The SMILES string of the molecule is CNC1CCCN(S(=O)(=O)c2cncc(F)c2)C1. The largest absolute Gasteiger partial charge is 0.316 e. The van der Waals surface area contributed by atoms with E-state index >= 15 is 0 Å². The molecular weight excluding hydrogens is 257 g/mol. The lowest BCUT2D eigenvalue weighted by atomic mass is 10.1. The van der Waals surface area contributed by atoms with Crippen molar-refractivity contribution in [2.45, 2.75) is 23.8 Å². The Morgan fingerprint density at radius 2 is 2.28 bits per heavy atom. The van der Waals surface area contributed by atoms with Gasteiger partial charge >= 0.3 is 0 Å². The van der Waals surface area contributed by atoms with Crippen molar-refractivity contribution in [3.05, 3.63) is 24.3 Å². The number of nitrogens with zero attached hydrogens (tertiary/aromatic N) is 2. The smallest absolute Gasteiger partial charge is 0.244 e. The monoisotopic (exact) mass is 273 g/mol. The van der Waals surface area contributed by atoms with Crippen LogP contribution in [0.25, 0.3) is 0 Å². The highest BCUT2D eigenvalue weighted by Gasteiger charge is 2.30. The summed E-state index contributed by atoms with van der Waals surface area (Å²) < 4.78 is 39.0. The molecule has 2 rings (SSSR count). The second-order valence-corrected chi connectivity index (χ2v) is 6.27. The second-order valence-electron chi connectivity index (χ2n) is 4.33. The summed E-state index contributed by atoms with van der Waals surface area (Å²) >= 11 is 0. The van der Waals surface area contributed by atoms with Gasteiger partial charge in [-0.1, -0.05) is 0 Å². The van der Waals surface area contributed by atoms with E-state index in [9.17, 15) is 12.8 Å². The van der Waals surface area contributed by atoms with Gasteiger partial charge in [0.2, 0.25) is 10.0 Å². The third-order valence-corrected chi connectivity index (χ3v) is 4.94. The highest BCUT2D eigenvalue weighted by Crippen LogP contribution is 2.20. The summed E-state index contributed by atoms with van der Waals surface area (Å²) in [4.78, 5) is 3.50. The van der Waals surface area contributed by atoms with Crippen molar-refractivity contribution >= 4 is 10.0 Å². The topological polar surface area (TPSA) is 62.3 Å². The van der Waals surface area contributed by atoms with E-state index in [4.69, 9.17) is 0 Å². The van der Waals surface area contributed by atoms with Crippen LogP contribution in [0.15, 0.2) is 23.4 Å². The van der Waals surface area contributed by atoms with E-state index in [0.29, 0.717) is 13.1 Å². The Balaban J connectivity index is 2.25. The lowest BCUT2D eigenvalue weighted by Gasteiger charge is -2.31. The highest BCUT2D eigenvalue weighted by atomic mass is 32.2. The molecule has 7 heteroatoms. The lowest BCUT2D eigenvalue weighted by Crippen LogP contribution is -2.46. The molecule has 0 aromatic carbocycles. The van der Waals surface area contributed by atoms with Gasteiger partial charge in [0.15, 0.2) is 0 Å². The lowest BCUT2D eigenvalue weighted by molar-refractivity contribution is 0.292. The van der Waals surface area contributed by atoms with Crippen molar-refractivity contribution in [1.82, 2.24) is 14.6 Å². The molecule has 0 radical (unpaired) electrons. The zero-order valence-corrected chi connectivity index (χ0v) is 11.0. The molecule has 0 amide bonds. The molecule has 2 heterocycles. The minimum Gasteiger partial charge on any atom is -0.316 e. The van der Waals surface area contributed by atoms with Gasteiger partial charge in [0.1, 0.15) is 10.7 Å². The molecule has 1 aliphatic heterocycles. The summed E-state index contributed by atoms with van der Waals surface area (Å²) in [5.41, 5.74) is 0. The number of nitrogens with one attached hydrogen (secondary N) is 1. The Morgan fingerprint density at radius 3 is 2.94 bits per heavy atom. The average molecular weight is 273 g/mol. The van der Waals surface area contributed by atoms with Crippen LogP contribution in [-0.4, -0.2) is 43.9 Å². The molecule has 1 aromatic rings. The van der Waals surface area contributed by atoms with Gasteiger partial charge in [-0.05, 0) is 26.0 Å². The van der Waals surface area contributed by atoms with Gasteiger partial charge in [0.25, 0.3) is 0 Å². The first kappa shape index (κ1) is 13.4. The number of piperidine rings is 1. The Hall–Kier alpha value is -1.05. The zero-order chi connectivity index (χ0) is 13.2. The Bertz CT molecular complexity index is 521. The van der Waals surface area contributed by atoms with Gasteiger partial charge in [0.05, 0.1) is 6.20 Å². The third-order valence-electron chi connectivity index (χ3n) is 3.11. The number of pyridine rings is 1. The normalized spacial score (nSPS) is 22.0. The van der Waals surface area contributed by atoms with Crippen LogP contribution >= 0.6 is 0 Å². The standard InChI is InChI=1S/C11H16FN3O2S/c1-13-10-3-2-4-15(8-10)18(16,17)11-5-9(12)6-14-7-11/h5-7,10,13H,2-4,8H2,1H3. The highest BCUT2D eigenvalue weighted by molar-refractivity contribution is 7.89. The van der Waals surface area contributed by atoms with Crippen molar-refractivity contribution in [1.29, 1.82) is 0 Å². The first-order valence-electron chi connectivity index (χ1n) is 5.82. The van der Waals surface area contributed by atoms with Crippen LogP contribution in [0.2, 0.25) is 0 Å². The summed E-state index contributed by atoms with van der Waals surface area (Å²) in [7, 11) is -1.83. The van der Waals surface area contributed by atoms with Crippen molar-refractivity contribution in [2.75, 3.05) is 20.1 Å². The molecule has 0 bridgehead atoms. The molecule has 0 spiro atoms. The van der Waals surface area contributed by atoms with Crippen molar-refractivity contribution in [3.63, 3.8) is 0 Å². The van der Waals surface area contributed by atoms with Gasteiger partial charge in [-0.3, -0.25) is 4.98 Å². The molecule has 1 aliphatic rings. The van der Waals surface area contributed by atoms with E-state index in [1.54, 1.807) is 0 Å². The summed E-state index contributed by atoms with van der Waals surface area (Å²) in [6, 6.07) is 1.15. The first-order chi connectivity index (χ1) is 8.54. The molecular formula is C11H16FN3O2S. The molecule has 1 fully saturated rings. The maximum atomic E-state index is 13.0. The molecule has 1 atom stereocenters. The summed E-state index contributed by atoms with van der Waals surface area (Å²) in [5, 5.41) is 3.07. The van der Waals surface area contributed by atoms with Gasteiger partial charge in [-0.15, -0.1) is 0 Å². The predicted octanol–water partition coefficient (Wildman–Crippen LogP) is 0.593. The van der Waals surface area contributed by atoms with E-state index in [2.05, 4.69) is 10.3 Å². The number of rotatable bonds is 3. The van der Waals surface area contributed by atoms with Gasteiger partial charge in [-0.2, -0.15) is 4.31 Å². The minimum absolute atomic E-state index is 0.0840. The molecule has 1 aromatic heterocycles. The van der Waals surface area contributed by atoms with Crippen LogP contribution in [0.4, 0.5) is 4.39 Å². The number of halogens is 1. The number of hydrogen-bond acceptors (Lipinski definition) is 4. The van der Waals surface area contributed by atoms with Crippen molar-refractivity contribution in [3.8, 4) is 0 Å². The number of hydrogen-bond donors (Lipinski definition) is 1. The Morgan fingerprint density at radius 1 is 1.50 bits per heavy atom. The first-order valence-corrected chi connectivity index (χ1v) is 7.26. The van der Waals surface area contributed by atoms with Crippen LogP contribution in [0, 0.1) is 5.82 Å². The fraction of sp³-hybridized carbons (Fsp3) is 0.545. The molecule has 18 heavy (non-hydrogen) atoms. The van der Waals surface area contributed by atoms with Crippen molar-refractivity contribution in [2.24, 2.45) is 0 Å². The van der Waals surface area contributed by atoms with Gasteiger partial charge in [0, 0.05) is 25.3 Å². The summed E-state index contributed by atoms with van der Waals surface area (Å²) in [6.07, 6.45) is 3.92. The van der Waals surface area contributed by atoms with Gasteiger partial charge < -0.3 is 5.32 Å². The molecule has 1 saturated heterocycles. The Kier molecular flexibility index (Phi) is 3.94. The average Bonchev–Trinajstić information content (AvgIpc) is 2.39. The molecule has 5 nitrogen and oxygen atoms in total. The molecule has 0 aliphatic carbocycles. The van der Waals surface area contributed by atoms with E-state index in [-0.39, 0.29) is 10.9 Å². The van der Waals surface area contributed by atoms with E-state index in [0.717, 1.165) is 25.1 Å². The quantitative estimate of drug-likeness (QED) is 0.875. The summed E-state index contributed by atoms with van der Waals surface area (Å²) in [6.45, 7) is 0.881. The summed E-state index contributed by atoms with van der Waals surface area (Å²) in [5.74, 6) is -0.641. The maximum Gasteiger partial charge on any atom is 0.244 e. The number of aromatic nitrogens is 1. The van der Waals surface area contributed by atoms with E-state index < -0.39 is 15.8 Å². The number of sulfonamides is 1. The predicted molar refractivity (Wildman–Crippen MR) is 65.0 cm³/mol. The maximum absolute atomic E-state index is 13.0. The third kappa shape index (κ3) is 2.68. The fourth-order valence-corrected chi connectivity index (χ4v) is 3.58. The van der Waals surface area contributed by atoms with Crippen LogP contribution in [0.1, 0.15) is 12.8 Å². The molecule has 1 N–H and O–H groups in total. The zero-order valence-electron chi connectivity index (χ0n) is 10.1. The van der Waals surface area contributed by atoms with Crippen LogP contribution in [0.5, 0.6) is 0 Å². The Labute approximate surface area is 106 Å². The van der Waals surface area contributed by atoms with Crippen LogP contribution in [-0.2, 0) is 10.0 Å². The molecule has 100 valence electrons. The molecule has 0 saturated carbocycles. The van der Waals surface area contributed by atoms with Crippen molar-refractivity contribution < 1.29 is 12.8 Å². The van der Waals surface area contributed by atoms with E-state index in [1.807, 2.05) is 7.05 Å². The van der Waals surface area contributed by atoms with Crippen LogP contribution < -0.4 is 5.32 Å². The second kappa shape index (κ2) is 5.29. The van der Waals surface area contributed by atoms with Gasteiger partial charge in [-0.25, -0.2) is 12.8 Å². The minimum atomic E-state index is -3.64. The number of likely N-dealkylation sites (N-methyl/N-ethyl adjacent to an activating group) is 1. The molecule has 1 unspecified atom stereocenters. The van der Waals surface area contributed by atoms with E-state index in [1.165, 1.54) is 10.5 Å².